The monoisotopic (exact) mass is 232 g/mol. The quantitative estimate of drug-likeness (QED) is 0.868. The Morgan fingerprint density at radius 1 is 1.41 bits per heavy atom. The summed E-state index contributed by atoms with van der Waals surface area (Å²) in [5.41, 5.74) is 2.60. The van der Waals surface area contributed by atoms with Crippen LogP contribution in [-0.2, 0) is 4.79 Å². The molecule has 1 aromatic rings. The first-order valence-corrected chi connectivity index (χ1v) is 6.21. The molecule has 0 aromatic heterocycles. The summed E-state index contributed by atoms with van der Waals surface area (Å²) < 4.78 is 0. The lowest BCUT2D eigenvalue weighted by Crippen LogP contribution is -2.23. The molecule has 3 nitrogen and oxygen atoms in total. The van der Waals surface area contributed by atoms with Crippen LogP contribution in [-0.4, -0.2) is 31.4 Å². The van der Waals surface area contributed by atoms with E-state index in [-0.39, 0.29) is 5.91 Å². The minimum Gasteiger partial charge on any atom is -0.385 e. The SMILES string of the molecule is CN(C)C(=O)CCC1CCNc2ccccc21. The Balaban J connectivity index is 2.01. The molecule has 17 heavy (non-hydrogen) atoms. The Kier molecular flexibility index (Phi) is 3.67. The highest BCUT2D eigenvalue weighted by molar-refractivity contribution is 5.75. The zero-order chi connectivity index (χ0) is 12.3. The van der Waals surface area contributed by atoms with Gasteiger partial charge in [-0.3, -0.25) is 4.79 Å². The van der Waals surface area contributed by atoms with E-state index in [0.717, 1.165) is 19.4 Å². The summed E-state index contributed by atoms with van der Waals surface area (Å²) in [7, 11) is 3.64. The van der Waals surface area contributed by atoms with Gasteiger partial charge in [-0.1, -0.05) is 18.2 Å². The van der Waals surface area contributed by atoms with Gasteiger partial charge in [0, 0.05) is 32.7 Å². The summed E-state index contributed by atoms with van der Waals surface area (Å²) in [6.45, 7) is 1.01. The highest BCUT2D eigenvalue weighted by atomic mass is 16.2. The van der Waals surface area contributed by atoms with E-state index < -0.39 is 0 Å². The summed E-state index contributed by atoms with van der Waals surface area (Å²) >= 11 is 0. The van der Waals surface area contributed by atoms with E-state index in [9.17, 15) is 4.79 Å². The second kappa shape index (κ2) is 5.21. The van der Waals surface area contributed by atoms with Crippen LogP contribution in [0.3, 0.4) is 0 Å². The van der Waals surface area contributed by atoms with Crippen LogP contribution < -0.4 is 5.32 Å². The van der Waals surface area contributed by atoms with E-state index in [1.54, 1.807) is 4.90 Å². The van der Waals surface area contributed by atoms with Gasteiger partial charge in [-0.25, -0.2) is 0 Å². The van der Waals surface area contributed by atoms with Gasteiger partial charge in [-0.05, 0) is 30.4 Å². The molecule has 3 heteroatoms. The lowest BCUT2D eigenvalue weighted by atomic mass is 9.87. The maximum atomic E-state index is 11.6. The molecule has 1 heterocycles. The number of nitrogens with one attached hydrogen (secondary N) is 1. The highest BCUT2D eigenvalue weighted by Gasteiger charge is 2.20. The van der Waals surface area contributed by atoms with Crippen LogP contribution >= 0.6 is 0 Å². The molecule has 92 valence electrons. The van der Waals surface area contributed by atoms with Crippen molar-refractivity contribution < 1.29 is 4.79 Å². The van der Waals surface area contributed by atoms with E-state index in [1.165, 1.54) is 11.3 Å². The lowest BCUT2D eigenvalue weighted by Gasteiger charge is -2.26. The number of amides is 1. The first kappa shape index (κ1) is 12.0. The van der Waals surface area contributed by atoms with Crippen molar-refractivity contribution in [2.45, 2.75) is 25.2 Å². The first-order valence-electron chi connectivity index (χ1n) is 6.21. The molecule has 0 spiro atoms. The number of carbonyl (C=O) groups is 1. The molecule has 1 atom stereocenters. The minimum atomic E-state index is 0.223. The van der Waals surface area contributed by atoms with Crippen molar-refractivity contribution in [3.8, 4) is 0 Å². The van der Waals surface area contributed by atoms with Crippen molar-refractivity contribution in [2.75, 3.05) is 26.0 Å². The molecular formula is C14H20N2O. The smallest absolute Gasteiger partial charge is 0.222 e. The standard InChI is InChI=1S/C14H20N2O/c1-16(2)14(17)8-7-11-9-10-15-13-6-4-3-5-12(11)13/h3-6,11,15H,7-10H2,1-2H3. The predicted molar refractivity (Wildman–Crippen MR) is 70.2 cm³/mol. The van der Waals surface area contributed by atoms with E-state index in [2.05, 4.69) is 29.6 Å². The number of hydrogen-bond acceptors (Lipinski definition) is 2. The van der Waals surface area contributed by atoms with Gasteiger partial charge in [0.15, 0.2) is 0 Å². The van der Waals surface area contributed by atoms with Crippen LogP contribution in [0.1, 0.15) is 30.7 Å². The average molecular weight is 232 g/mol. The fourth-order valence-electron chi connectivity index (χ4n) is 2.37. The van der Waals surface area contributed by atoms with Gasteiger partial charge >= 0.3 is 0 Å². The van der Waals surface area contributed by atoms with Crippen molar-refractivity contribution >= 4 is 11.6 Å². The van der Waals surface area contributed by atoms with E-state index in [1.807, 2.05) is 14.1 Å². The Hall–Kier alpha value is -1.51. The largest absolute Gasteiger partial charge is 0.385 e. The third-order valence-electron chi connectivity index (χ3n) is 3.41. The Morgan fingerprint density at radius 3 is 2.94 bits per heavy atom. The van der Waals surface area contributed by atoms with E-state index >= 15 is 0 Å². The summed E-state index contributed by atoms with van der Waals surface area (Å²) in [4.78, 5) is 13.3. The Labute approximate surface area is 103 Å². The van der Waals surface area contributed by atoms with Crippen molar-refractivity contribution in [3.05, 3.63) is 29.8 Å². The lowest BCUT2D eigenvalue weighted by molar-refractivity contribution is -0.128. The number of rotatable bonds is 3. The van der Waals surface area contributed by atoms with Crippen molar-refractivity contribution in [3.63, 3.8) is 0 Å². The number of hydrogen-bond donors (Lipinski definition) is 1. The number of anilines is 1. The summed E-state index contributed by atoms with van der Waals surface area (Å²) in [5, 5.41) is 3.41. The van der Waals surface area contributed by atoms with Gasteiger partial charge in [0.2, 0.25) is 5.91 Å². The molecule has 0 saturated heterocycles. The fraction of sp³-hybridized carbons (Fsp3) is 0.500. The molecule has 1 amide bonds. The maximum Gasteiger partial charge on any atom is 0.222 e. The Morgan fingerprint density at radius 2 is 2.18 bits per heavy atom. The molecule has 2 rings (SSSR count). The molecule has 1 aliphatic heterocycles. The zero-order valence-electron chi connectivity index (χ0n) is 10.6. The number of para-hydroxylation sites is 1. The second-order valence-electron chi connectivity index (χ2n) is 4.83. The summed E-state index contributed by atoms with van der Waals surface area (Å²) in [6, 6.07) is 8.42. The normalized spacial score (nSPS) is 18.1. The molecule has 0 bridgehead atoms. The van der Waals surface area contributed by atoms with Crippen molar-refractivity contribution in [1.29, 1.82) is 0 Å². The van der Waals surface area contributed by atoms with Crippen molar-refractivity contribution in [1.82, 2.24) is 4.90 Å². The molecular weight excluding hydrogens is 212 g/mol. The van der Waals surface area contributed by atoms with Gasteiger partial charge in [-0.2, -0.15) is 0 Å². The average Bonchev–Trinajstić information content (AvgIpc) is 2.35. The molecule has 0 aliphatic carbocycles. The van der Waals surface area contributed by atoms with Crippen molar-refractivity contribution in [2.24, 2.45) is 0 Å². The fourth-order valence-corrected chi connectivity index (χ4v) is 2.37. The number of benzene rings is 1. The maximum absolute atomic E-state index is 11.6. The van der Waals surface area contributed by atoms with Crippen LogP contribution in [0.2, 0.25) is 0 Å². The molecule has 0 saturated carbocycles. The first-order chi connectivity index (χ1) is 8.18. The van der Waals surface area contributed by atoms with Gasteiger partial charge in [-0.15, -0.1) is 0 Å². The molecule has 0 fully saturated rings. The van der Waals surface area contributed by atoms with E-state index in [4.69, 9.17) is 0 Å². The third-order valence-corrected chi connectivity index (χ3v) is 3.41. The highest BCUT2D eigenvalue weighted by Crippen LogP contribution is 2.34. The number of nitrogens with zero attached hydrogens (tertiary/aromatic N) is 1. The molecule has 1 N–H and O–H groups in total. The summed E-state index contributed by atoms with van der Waals surface area (Å²) in [5.74, 6) is 0.748. The van der Waals surface area contributed by atoms with Gasteiger partial charge in [0.1, 0.15) is 0 Å². The topological polar surface area (TPSA) is 32.3 Å². The van der Waals surface area contributed by atoms with Crippen LogP contribution in [0.5, 0.6) is 0 Å². The number of fused-ring (bicyclic) bond motifs is 1. The number of carbonyl (C=O) groups excluding carboxylic acids is 1. The molecule has 0 radical (unpaired) electrons. The van der Waals surface area contributed by atoms with Gasteiger partial charge in [0.05, 0.1) is 0 Å². The van der Waals surface area contributed by atoms with Crippen LogP contribution in [0.15, 0.2) is 24.3 Å². The molecule has 1 aliphatic rings. The Bertz CT molecular complexity index is 401. The third kappa shape index (κ3) is 2.78. The molecule has 1 unspecified atom stereocenters. The second-order valence-corrected chi connectivity index (χ2v) is 4.83. The summed E-state index contributed by atoms with van der Waals surface area (Å²) in [6.07, 6.45) is 2.72. The van der Waals surface area contributed by atoms with Crippen LogP contribution in [0.4, 0.5) is 5.69 Å². The predicted octanol–water partition coefficient (Wildman–Crippen LogP) is 2.45. The van der Waals surface area contributed by atoms with Gasteiger partial charge in [0.25, 0.3) is 0 Å². The van der Waals surface area contributed by atoms with Crippen LogP contribution in [0.25, 0.3) is 0 Å². The zero-order valence-corrected chi connectivity index (χ0v) is 10.6. The van der Waals surface area contributed by atoms with E-state index in [0.29, 0.717) is 12.3 Å². The minimum absolute atomic E-state index is 0.223. The molecule has 1 aromatic carbocycles. The van der Waals surface area contributed by atoms with Gasteiger partial charge < -0.3 is 10.2 Å². The van der Waals surface area contributed by atoms with Crippen LogP contribution in [0, 0.1) is 0 Å².